The molecule has 0 fully saturated rings. The molecular weight excluding hydrogens is 210 g/mol. The van der Waals surface area contributed by atoms with E-state index in [1.807, 2.05) is 60.1 Å². The third kappa shape index (κ3) is 1.56. The van der Waals surface area contributed by atoms with E-state index in [-0.39, 0.29) is 0 Å². The molecular formula is C14H13N3. The van der Waals surface area contributed by atoms with Crippen molar-refractivity contribution in [3.63, 3.8) is 0 Å². The number of nitrogen functional groups attached to an aromatic ring is 1. The van der Waals surface area contributed by atoms with Crippen LogP contribution in [0.15, 0.2) is 48.5 Å². The fraction of sp³-hybridized carbons (Fsp3) is 0.0714. The van der Waals surface area contributed by atoms with E-state index in [0.29, 0.717) is 0 Å². The lowest BCUT2D eigenvalue weighted by atomic mass is 10.2. The number of benzene rings is 2. The molecule has 3 heteroatoms. The number of nitrogens with zero attached hydrogens (tertiary/aromatic N) is 2. The van der Waals surface area contributed by atoms with Gasteiger partial charge in [0.2, 0.25) is 0 Å². The van der Waals surface area contributed by atoms with Crippen LogP contribution >= 0.6 is 0 Å². The maximum Gasteiger partial charge on any atom is 0.0764 e. The summed E-state index contributed by atoms with van der Waals surface area (Å²) in [5.41, 5.74) is 9.72. The van der Waals surface area contributed by atoms with E-state index < -0.39 is 0 Å². The van der Waals surface area contributed by atoms with Crippen molar-refractivity contribution in [1.29, 1.82) is 0 Å². The van der Waals surface area contributed by atoms with Gasteiger partial charge >= 0.3 is 0 Å². The zero-order chi connectivity index (χ0) is 11.8. The minimum Gasteiger partial charge on any atom is -0.399 e. The molecule has 1 aromatic heterocycles. The van der Waals surface area contributed by atoms with Gasteiger partial charge in [-0.15, -0.1) is 0 Å². The Balaban J connectivity index is 2.34. The van der Waals surface area contributed by atoms with Gasteiger partial charge in [0.1, 0.15) is 0 Å². The van der Waals surface area contributed by atoms with Gasteiger partial charge in [0.25, 0.3) is 0 Å². The zero-order valence-corrected chi connectivity index (χ0v) is 9.59. The first-order valence-electron chi connectivity index (χ1n) is 5.56. The first kappa shape index (κ1) is 9.90. The summed E-state index contributed by atoms with van der Waals surface area (Å²) in [7, 11) is 0. The highest BCUT2D eigenvalue weighted by molar-refractivity contribution is 5.86. The second kappa shape index (κ2) is 3.63. The predicted molar refractivity (Wildman–Crippen MR) is 70.2 cm³/mol. The topological polar surface area (TPSA) is 43.8 Å². The number of hydrogen-bond donors (Lipinski definition) is 1. The standard InChI is InChI=1S/C14H13N3/c1-10-13-8-7-11(15)9-14(13)17(16-10)12-5-3-2-4-6-12/h2-9H,15H2,1H3. The summed E-state index contributed by atoms with van der Waals surface area (Å²) in [6.45, 7) is 2.01. The lowest BCUT2D eigenvalue weighted by molar-refractivity contribution is 0.889. The Hall–Kier alpha value is -2.29. The number of nitrogens with two attached hydrogens (primary N) is 1. The van der Waals surface area contributed by atoms with Crippen LogP contribution < -0.4 is 5.73 Å². The van der Waals surface area contributed by atoms with Gasteiger partial charge in [0.05, 0.1) is 16.9 Å². The fourth-order valence-corrected chi connectivity index (χ4v) is 2.05. The molecule has 17 heavy (non-hydrogen) atoms. The van der Waals surface area contributed by atoms with Gasteiger partial charge in [0, 0.05) is 11.1 Å². The number of para-hydroxylation sites is 1. The minimum atomic E-state index is 0.759. The Morgan fingerprint density at radius 2 is 1.82 bits per heavy atom. The summed E-state index contributed by atoms with van der Waals surface area (Å²) in [6, 6.07) is 16.0. The molecule has 0 unspecified atom stereocenters. The maximum absolute atomic E-state index is 5.84. The molecule has 3 rings (SSSR count). The second-order valence-electron chi connectivity index (χ2n) is 4.11. The summed E-state index contributed by atoms with van der Waals surface area (Å²) in [5, 5.41) is 5.70. The average Bonchev–Trinajstić information content (AvgIpc) is 2.67. The average molecular weight is 223 g/mol. The SMILES string of the molecule is Cc1nn(-c2ccccc2)c2cc(N)ccc12. The Kier molecular flexibility index (Phi) is 2.11. The highest BCUT2D eigenvalue weighted by Gasteiger charge is 2.08. The summed E-state index contributed by atoms with van der Waals surface area (Å²) in [6.07, 6.45) is 0. The molecule has 0 amide bonds. The number of anilines is 1. The van der Waals surface area contributed by atoms with E-state index in [1.165, 1.54) is 0 Å². The van der Waals surface area contributed by atoms with Gasteiger partial charge in [-0.2, -0.15) is 5.10 Å². The van der Waals surface area contributed by atoms with Crippen molar-refractivity contribution in [2.45, 2.75) is 6.92 Å². The van der Waals surface area contributed by atoms with Crippen LogP contribution in [0, 0.1) is 6.92 Å². The first-order chi connectivity index (χ1) is 8.25. The number of fused-ring (bicyclic) bond motifs is 1. The van der Waals surface area contributed by atoms with Gasteiger partial charge in [-0.1, -0.05) is 18.2 Å². The van der Waals surface area contributed by atoms with Crippen LogP contribution in [0.2, 0.25) is 0 Å². The van der Waals surface area contributed by atoms with Crippen molar-refractivity contribution in [3.8, 4) is 5.69 Å². The molecule has 3 nitrogen and oxygen atoms in total. The first-order valence-corrected chi connectivity index (χ1v) is 5.56. The molecule has 0 spiro atoms. The van der Waals surface area contributed by atoms with E-state index in [4.69, 9.17) is 5.73 Å². The molecule has 0 saturated carbocycles. The van der Waals surface area contributed by atoms with Crippen molar-refractivity contribution in [2.75, 3.05) is 5.73 Å². The summed E-state index contributed by atoms with van der Waals surface area (Å²) in [5.74, 6) is 0. The minimum absolute atomic E-state index is 0.759. The lowest BCUT2D eigenvalue weighted by Crippen LogP contribution is -1.96. The van der Waals surface area contributed by atoms with Gasteiger partial charge in [-0.25, -0.2) is 4.68 Å². The summed E-state index contributed by atoms with van der Waals surface area (Å²) >= 11 is 0. The third-order valence-corrected chi connectivity index (χ3v) is 2.89. The molecule has 1 heterocycles. The smallest absolute Gasteiger partial charge is 0.0764 e. The molecule has 0 atom stereocenters. The molecule has 0 aliphatic heterocycles. The zero-order valence-electron chi connectivity index (χ0n) is 9.59. The maximum atomic E-state index is 5.84. The Morgan fingerprint density at radius 1 is 1.06 bits per heavy atom. The number of aryl methyl sites for hydroxylation is 1. The van der Waals surface area contributed by atoms with Crippen molar-refractivity contribution >= 4 is 16.6 Å². The fourth-order valence-electron chi connectivity index (χ4n) is 2.05. The van der Waals surface area contributed by atoms with E-state index in [2.05, 4.69) is 5.10 Å². The number of hydrogen-bond acceptors (Lipinski definition) is 2. The molecule has 0 aliphatic carbocycles. The van der Waals surface area contributed by atoms with Crippen LogP contribution in [-0.2, 0) is 0 Å². The van der Waals surface area contributed by atoms with Crippen LogP contribution in [0.1, 0.15) is 5.69 Å². The van der Waals surface area contributed by atoms with Crippen LogP contribution in [0.25, 0.3) is 16.6 Å². The highest BCUT2D eigenvalue weighted by Crippen LogP contribution is 2.23. The molecule has 0 aliphatic rings. The van der Waals surface area contributed by atoms with E-state index in [0.717, 1.165) is 28.0 Å². The van der Waals surface area contributed by atoms with Gasteiger partial charge in [0.15, 0.2) is 0 Å². The van der Waals surface area contributed by atoms with Crippen molar-refractivity contribution in [1.82, 2.24) is 9.78 Å². The molecule has 0 bridgehead atoms. The van der Waals surface area contributed by atoms with Crippen LogP contribution in [-0.4, -0.2) is 9.78 Å². The lowest BCUT2D eigenvalue weighted by Gasteiger charge is -2.03. The van der Waals surface area contributed by atoms with Crippen molar-refractivity contribution in [3.05, 3.63) is 54.2 Å². The Bertz CT molecular complexity index is 669. The van der Waals surface area contributed by atoms with Crippen molar-refractivity contribution < 1.29 is 0 Å². The third-order valence-electron chi connectivity index (χ3n) is 2.89. The molecule has 2 N–H and O–H groups in total. The molecule has 0 radical (unpaired) electrons. The van der Waals surface area contributed by atoms with Gasteiger partial charge in [-0.05, 0) is 37.3 Å². The quantitative estimate of drug-likeness (QED) is 0.644. The van der Waals surface area contributed by atoms with Crippen molar-refractivity contribution in [2.24, 2.45) is 0 Å². The Morgan fingerprint density at radius 3 is 2.59 bits per heavy atom. The highest BCUT2D eigenvalue weighted by atomic mass is 15.3. The van der Waals surface area contributed by atoms with E-state index >= 15 is 0 Å². The Labute approximate surface area is 99.5 Å². The van der Waals surface area contributed by atoms with Crippen LogP contribution in [0.4, 0.5) is 5.69 Å². The number of aromatic nitrogens is 2. The predicted octanol–water partition coefficient (Wildman–Crippen LogP) is 2.92. The second-order valence-corrected chi connectivity index (χ2v) is 4.11. The summed E-state index contributed by atoms with van der Waals surface area (Å²) < 4.78 is 1.93. The molecule has 2 aromatic carbocycles. The van der Waals surface area contributed by atoms with Crippen LogP contribution in [0.3, 0.4) is 0 Å². The molecule has 3 aromatic rings. The molecule has 0 saturated heterocycles. The van der Waals surface area contributed by atoms with E-state index in [9.17, 15) is 0 Å². The van der Waals surface area contributed by atoms with Gasteiger partial charge < -0.3 is 5.73 Å². The van der Waals surface area contributed by atoms with Gasteiger partial charge in [-0.3, -0.25) is 0 Å². The summed E-state index contributed by atoms with van der Waals surface area (Å²) in [4.78, 5) is 0. The monoisotopic (exact) mass is 223 g/mol. The largest absolute Gasteiger partial charge is 0.399 e. The normalized spacial score (nSPS) is 10.9. The van der Waals surface area contributed by atoms with Crippen LogP contribution in [0.5, 0.6) is 0 Å². The number of rotatable bonds is 1. The van der Waals surface area contributed by atoms with E-state index in [1.54, 1.807) is 0 Å². The molecule has 84 valence electrons.